The van der Waals surface area contributed by atoms with E-state index in [1.165, 1.54) is 11.1 Å². The Labute approximate surface area is 154 Å². The van der Waals surface area contributed by atoms with Crippen LogP contribution in [-0.2, 0) is 24.0 Å². The van der Waals surface area contributed by atoms with Crippen LogP contribution in [0.1, 0.15) is 43.0 Å². The number of rotatable bonds is 6. The maximum Gasteiger partial charge on any atom is 0.133 e. The Morgan fingerprint density at radius 1 is 1.29 bits per heavy atom. The predicted molar refractivity (Wildman–Crippen MR) is 102 cm³/mol. The second-order valence-corrected chi connectivity index (χ2v) is 8.94. The highest BCUT2D eigenvalue weighted by atomic mass is 79.9. The Morgan fingerprint density at radius 2 is 2.08 bits per heavy atom. The van der Waals surface area contributed by atoms with Crippen LogP contribution in [0.4, 0.5) is 0 Å². The number of benzene rings is 2. The molecule has 0 radical (unpaired) electrons. The molecule has 0 saturated carbocycles. The van der Waals surface area contributed by atoms with E-state index in [2.05, 4.69) is 38.9 Å². The van der Waals surface area contributed by atoms with Gasteiger partial charge in [-0.25, -0.2) is 8.93 Å². The monoisotopic (exact) mass is 407 g/mol. The Bertz CT molecular complexity index is 748. The molecule has 2 aromatic rings. The highest BCUT2D eigenvalue weighted by Crippen LogP contribution is 2.33. The molecule has 2 aromatic carbocycles. The molecule has 2 atom stereocenters. The minimum atomic E-state index is -0.985. The summed E-state index contributed by atoms with van der Waals surface area (Å²) >= 11 is 3.50. The van der Waals surface area contributed by atoms with Gasteiger partial charge in [-0.15, -0.1) is 0 Å². The average molecular weight is 408 g/mol. The number of hydrogen-bond donors (Lipinski definition) is 1. The fourth-order valence-electron chi connectivity index (χ4n) is 2.88. The van der Waals surface area contributed by atoms with E-state index in [9.17, 15) is 4.21 Å². The molecular weight excluding hydrogens is 386 g/mol. The standard InChI is InChI=1S/C19H22BrNO2S/c1-13(2)24(22)21-18-10-8-15-11-14(7-9-16(15)18)12-23-19-6-4-3-5-17(19)20/h3-7,9,11,13,18,21H,8,10,12H2,1-2H3. The number of halogens is 1. The van der Waals surface area contributed by atoms with E-state index in [-0.39, 0.29) is 11.3 Å². The Kier molecular flexibility index (Phi) is 5.74. The highest BCUT2D eigenvalue weighted by Gasteiger charge is 2.24. The molecule has 128 valence electrons. The molecule has 24 heavy (non-hydrogen) atoms. The summed E-state index contributed by atoms with van der Waals surface area (Å²) in [6, 6.07) is 14.5. The summed E-state index contributed by atoms with van der Waals surface area (Å²) in [5.41, 5.74) is 3.77. The van der Waals surface area contributed by atoms with Crippen molar-refractivity contribution in [2.24, 2.45) is 0 Å². The Morgan fingerprint density at radius 3 is 2.83 bits per heavy atom. The van der Waals surface area contributed by atoms with Gasteiger partial charge in [0.25, 0.3) is 0 Å². The normalized spacial score (nSPS) is 17.8. The quantitative estimate of drug-likeness (QED) is 0.754. The van der Waals surface area contributed by atoms with E-state index in [1.807, 2.05) is 38.1 Å². The minimum Gasteiger partial charge on any atom is -0.488 e. The molecule has 1 N–H and O–H groups in total. The molecule has 1 aliphatic rings. The Hall–Kier alpha value is -1.17. The maximum absolute atomic E-state index is 12.0. The lowest BCUT2D eigenvalue weighted by Crippen LogP contribution is -2.27. The molecule has 0 heterocycles. The number of hydrogen-bond acceptors (Lipinski definition) is 2. The zero-order valence-electron chi connectivity index (χ0n) is 13.9. The van der Waals surface area contributed by atoms with Gasteiger partial charge < -0.3 is 4.74 Å². The smallest absolute Gasteiger partial charge is 0.133 e. The van der Waals surface area contributed by atoms with Crippen LogP contribution in [0, 0.1) is 0 Å². The summed E-state index contributed by atoms with van der Waals surface area (Å²) in [5.74, 6) is 0.852. The van der Waals surface area contributed by atoms with E-state index in [1.54, 1.807) is 0 Å². The predicted octanol–water partition coefficient (Wildman–Crippen LogP) is 4.68. The van der Waals surface area contributed by atoms with Gasteiger partial charge in [-0.1, -0.05) is 30.3 Å². The van der Waals surface area contributed by atoms with Crippen molar-refractivity contribution < 1.29 is 8.95 Å². The van der Waals surface area contributed by atoms with Crippen molar-refractivity contribution >= 4 is 26.9 Å². The first kappa shape index (κ1) is 17.6. The van der Waals surface area contributed by atoms with Gasteiger partial charge in [0.05, 0.1) is 15.5 Å². The number of ether oxygens (including phenoxy) is 1. The zero-order valence-corrected chi connectivity index (χ0v) is 16.3. The van der Waals surface area contributed by atoms with Crippen LogP contribution in [0.15, 0.2) is 46.9 Å². The molecule has 0 saturated heterocycles. The van der Waals surface area contributed by atoms with Crippen molar-refractivity contribution in [2.45, 2.75) is 44.6 Å². The van der Waals surface area contributed by atoms with Crippen molar-refractivity contribution in [1.82, 2.24) is 4.72 Å². The fourth-order valence-corrected chi connectivity index (χ4v) is 4.08. The lowest BCUT2D eigenvalue weighted by atomic mass is 10.1. The summed E-state index contributed by atoms with van der Waals surface area (Å²) in [5, 5.41) is 0.131. The first-order valence-corrected chi connectivity index (χ1v) is 10.2. The van der Waals surface area contributed by atoms with Crippen molar-refractivity contribution in [2.75, 3.05) is 0 Å². The highest BCUT2D eigenvalue weighted by molar-refractivity contribution is 9.10. The third-order valence-electron chi connectivity index (χ3n) is 4.20. The van der Waals surface area contributed by atoms with E-state index >= 15 is 0 Å². The van der Waals surface area contributed by atoms with Crippen LogP contribution in [0.25, 0.3) is 0 Å². The van der Waals surface area contributed by atoms with Gasteiger partial charge in [0.1, 0.15) is 12.4 Å². The SMILES string of the molecule is CC(C)S(=O)NC1CCc2cc(COc3ccccc3Br)ccc21. The maximum atomic E-state index is 12.0. The van der Waals surface area contributed by atoms with Crippen LogP contribution in [0.3, 0.4) is 0 Å². The average Bonchev–Trinajstić information content (AvgIpc) is 2.96. The number of aryl methyl sites for hydroxylation is 1. The third kappa shape index (κ3) is 4.08. The fraction of sp³-hybridized carbons (Fsp3) is 0.368. The lowest BCUT2D eigenvalue weighted by Gasteiger charge is -2.15. The molecular formula is C19H22BrNO2S. The summed E-state index contributed by atoms with van der Waals surface area (Å²) in [7, 11) is -0.985. The van der Waals surface area contributed by atoms with Gasteiger partial charge in [-0.05, 0) is 71.4 Å². The van der Waals surface area contributed by atoms with Crippen molar-refractivity contribution in [3.05, 3.63) is 63.6 Å². The summed E-state index contributed by atoms with van der Waals surface area (Å²) in [6.45, 7) is 4.49. The minimum absolute atomic E-state index is 0.131. The van der Waals surface area contributed by atoms with Gasteiger partial charge in [-0.3, -0.25) is 0 Å². The summed E-state index contributed by atoms with van der Waals surface area (Å²) in [6.07, 6.45) is 2.02. The van der Waals surface area contributed by atoms with E-state index < -0.39 is 11.0 Å². The molecule has 0 spiro atoms. The third-order valence-corrected chi connectivity index (χ3v) is 6.23. The lowest BCUT2D eigenvalue weighted by molar-refractivity contribution is 0.304. The van der Waals surface area contributed by atoms with Crippen molar-refractivity contribution in [3.63, 3.8) is 0 Å². The molecule has 5 heteroatoms. The van der Waals surface area contributed by atoms with Crippen LogP contribution in [0.2, 0.25) is 0 Å². The zero-order chi connectivity index (χ0) is 17.1. The molecule has 0 amide bonds. The number of nitrogens with one attached hydrogen (secondary N) is 1. The first-order chi connectivity index (χ1) is 11.5. The van der Waals surface area contributed by atoms with Gasteiger partial charge in [0.15, 0.2) is 0 Å². The van der Waals surface area contributed by atoms with E-state index in [0.29, 0.717) is 6.61 Å². The largest absolute Gasteiger partial charge is 0.488 e. The number of fused-ring (bicyclic) bond motifs is 1. The van der Waals surface area contributed by atoms with E-state index in [0.717, 1.165) is 28.6 Å². The molecule has 3 rings (SSSR count). The van der Waals surface area contributed by atoms with Crippen LogP contribution in [0.5, 0.6) is 5.75 Å². The van der Waals surface area contributed by atoms with Crippen LogP contribution in [-0.4, -0.2) is 9.46 Å². The first-order valence-electron chi connectivity index (χ1n) is 8.20. The Balaban J connectivity index is 1.67. The van der Waals surface area contributed by atoms with Crippen LogP contribution >= 0.6 is 15.9 Å². The van der Waals surface area contributed by atoms with E-state index in [4.69, 9.17) is 4.74 Å². The van der Waals surface area contributed by atoms with Crippen molar-refractivity contribution in [3.8, 4) is 5.75 Å². The van der Waals surface area contributed by atoms with Gasteiger partial charge in [-0.2, -0.15) is 0 Å². The molecule has 0 bridgehead atoms. The molecule has 0 aromatic heterocycles. The van der Waals surface area contributed by atoms with Gasteiger partial charge in [0.2, 0.25) is 0 Å². The second-order valence-electron chi connectivity index (χ2n) is 6.31. The molecule has 2 unspecified atom stereocenters. The molecule has 1 aliphatic carbocycles. The topological polar surface area (TPSA) is 38.3 Å². The number of para-hydroxylation sites is 1. The van der Waals surface area contributed by atoms with Crippen LogP contribution < -0.4 is 9.46 Å². The molecule has 3 nitrogen and oxygen atoms in total. The molecule has 0 aliphatic heterocycles. The molecule has 0 fully saturated rings. The van der Waals surface area contributed by atoms with Gasteiger partial charge in [0, 0.05) is 11.3 Å². The van der Waals surface area contributed by atoms with Gasteiger partial charge >= 0.3 is 0 Å². The van der Waals surface area contributed by atoms with Crippen molar-refractivity contribution in [1.29, 1.82) is 0 Å². The second kappa shape index (κ2) is 7.81. The summed E-state index contributed by atoms with van der Waals surface area (Å²) < 4.78 is 22.2. The summed E-state index contributed by atoms with van der Waals surface area (Å²) in [4.78, 5) is 0.